The van der Waals surface area contributed by atoms with Crippen LogP contribution in [0.3, 0.4) is 0 Å². The molecule has 0 aliphatic carbocycles. The number of ether oxygens (including phenoxy) is 1. The fourth-order valence-electron chi connectivity index (χ4n) is 5.89. The molecule has 3 heteroatoms. The van der Waals surface area contributed by atoms with Crippen molar-refractivity contribution < 1.29 is 9.16 Å². The molecule has 0 bridgehead atoms. The summed E-state index contributed by atoms with van der Waals surface area (Å²) in [5, 5.41) is 2.68. The highest BCUT2D eigenvalue weighted by Crippen LogP contribution is 2.37. The Kier molecular flexibility index (Phi) is 14.2. The van der Waals surface area contributed by atoms with Gasteiger partial charge in [0.25, 0.3) is 8.32 Å². The molecule has 1 atom stereocenters. The molecule has 218 valence electrons. The van der Waals surface area contributed by atoms with Gasteiger partial charge in [-0.25, -0.2) is 0 Å². The van der Waals surface area contributed by atoms with E-state index in [2.05, 4.69) is 119 Å². The topological polar surface area (TPSA) is 18.5 Å². The maximum absolute atomic E-state index is 7.20. The minimum atomic E-state index is -2.52. The van der Waals surface area contributed by atoms with E-state index in [1.807, 2.05) is 0 Å². The maximum Gasteiger partial charge on any atom is 0.261 e. The maximum atomic E-state index is 7.20. The number of unbranched alkanes of at least 4 members (excludes halogenated alkanes) is 8. The lowest BCUT2D eigenvalue weighted by Gasteiger charge is -2.43. The van der Waals surface area contributed by atoms with Gasteiger partial charge in [-0.05, 0) is 33.8 Å². The Bertz CT molecular complexity index is 991. The van der Waals surface area contributed by atoms with Crippen LogP contribution in [0, 0.1) is 0 Å². The zero-order valence-corrected chi connectivity index (χ0v) is 26.7. The third-order valence-corrected chi connectivity index (χ3v) is 13.2. The number of hydrogen-bond donors (Lipinski definition) is 0. The summed E-state index contributed by atoms with van der Waals surface area (Å²) in [4.78, 5) is 0. The zero-order valence-electron chi connectivity index (χ0n) is 25.7. The van der Waals surface area contributed by atoms with Crippen LogP contribution in [0.5, 0.6) is 0 Å². The Labute approximate surface area is 246 Å². The van der Waals surface area contributed by atoms with Crippen LogP contribution < -0.4 is 10.4 Å². The molecule has 0 N–H and O–H groups in total. The second-order valence-corrected chi connectivity index (χ2v) is 16.6. The van der Waals surface area contributed by atoms with Gasteiger partial charge in [0.05, 0.1) is 12.7 Å². The van der Waals surface area contributed by atoms with Crippen molar-refractivity contribution in [2.45, 2.75) is 116 Å². The van der Waals surface area contributed by atoms with Gasteiger partial charge in [0, 0.05) is 6.61 Å². The predicted octanol–water partition coefficient (Wildman–Crippen LogP) is 9.46. The van der Waals surface area contributed by atoms with Gasteiger partial charge in [0.2, 0.25) is 0 Å². The molecule has 0 aliphatic heterocycles. The van der Waals surface area contributed by atoms with Gasteiger partial charge < -0.3 is 9.16 Å². The Hall–Kier alpha value is -2.20. The van der Waals surface area contributed by atoms with Crippen molar-refractivity contribution in [3.8, 4) is 0 Å². The van der Waals surface area contributed by atoms with Crippen molar-refractivity contribution in [1.29, 1.82) is 0 Å². The van der Waals surface area contributed by atoms with Crippen molar-refractivity contribution in [2.24, 2.45) is 0 Å². The molecule has 0 saturated carbocycles. The van der Waals surface area contributed by atoms with E-state index in [1.165, 1.54) is 73.7 Å². The molecule has 0 saturated heterocycles. The second kappa shape index (κ2) is 17.6. The molecule has 0 amide bonds. The summed E-state index contributed by atoms with van der Waals surface area (Å²) >= 11 is 0. The van der Waals surface area contributed by atoms with Gasteiger partial charge in [0.1, 0.15) is 0 Å². The van der Waals surface area contributed by atoms with Gasteiger partial charge in [-0.2, -0.15) is 0 Å². The van der Waals surface area contributed by atoms with E-state index in [1.54, 1.807) is 0 Å². The first-order chi connectivity index (χ1) is 19.5. The molecule has 0 aromatic heterocycles. The molecule has 3 aromatic rings. The largest absolute Gasteiger partial charge is 0.407 e. The highest BCUT2D eigenvalue weighted by atomic mass is 28.4. The number of hydrogen-bond acceptors (Lipinski definition) is 2. The lowest BCUT2D eigenvalue weighted by molar-refractivity contribution is 0.0188. The van der Waals surface area contributed by atoms with Crippen molar-refractivity contribution in [3.05, 3.63) is 96.6 Å². The standard InChI is InChI=1S/C37H54O2Si/c1-5-6-7-8-9-10-11-12-18-25-34(38-32-33-23-16-13-17-24-33)30-31-39-40(37(2,3)4,35-26-19-14-20-27-35)36-28-21-15-22-29-36/h13-17,19-24,26-29,34H,5-12,18,25,30-32H2,1-4H3. The molecule has 0 heterocycles. The van der Waals surface area contributed by atoms with Gasteiger partial charge in [-0.1, -0.05) is 176 Å². The lowest BCUT2D eigenvalue weighted by Crippen LogP contribution is -2.66. The molecular formula is C37H54O2Si. The van der Waals surface area contributed by atoms with Gasteiger partial charge in [0.15, 0.2) is 0 Å². The summed E-state index contributed by atoms with van der Waals surface area (Å²) < 4.78 is 13.7. The molecule has 0 fully saturated rings. The van der Waals surface area contributed by atoms with E-state index in [-0.39, 0.29) is 11.1 Å². The monoisotopic (exact) mass is 558 g/mol. The average molecular weight is 559 g/mol. The van der Waals surface area contributed by atoms with E-state index in [0.717, 1.165) is 12.8 Å². The van der Waals surface area contributed by atoms with E-state index >= 15 is 0 Å². The molecule has 1 unspecified atom stereocenters. The van der Waals surface area contributed by atoms with Crippen LogP contribution in [0.2, 0.25) is 5.04 Å². The molecule has 0 aliphatic rings. The Morgan fingerprint density at radius 2 is 1.07 bits per heavy atom. The molecule has 3 rings (SSSR count). The third kappa shape index (κ3) is 10.0. The van der Waals surface area contributed by atoms with Crippen LogP contribution in [0.4, 0.5) is 0 Å². The molecule has 40 heavy (non-hydrogen) atoms. The predicted molar refractivity (Wildman–Crippen MR) is 175 cm³/mol. The van der Waals surface area contributed by atoms with Gasteiger partial charge in [-0.15, -0.1) is 0 Å². The van der Waals surface area contributed by atoms with Crippen molar-refractivity contribution >= 4 is 18.7 Å². The summed E-state index contributed by atoms with van der Waals surface area (Å²) in [7, 11) is -2.52. The summed E-state index contributed by atoms with van der Waals surface area (Å²) in [6.45, 7) is 10.7. The Balaban J connectivity index is 1.65. The van der Waals surface area contributed by atoms with E-state index in [9.17, 15) is 0 Å². The minimum Gasteiger partial charge on any atom is -0.407 e. The first-order valence-corrected chi connectivity index (χ1v) is 17.8. The number of benzene rings is 3. The normalized spacial score (nSPS) is 12.9. The highest BCUT2D eigenvalue weighted by molar-refractivity contribution is 6.99. The lowest BCUT2D eigenvalue weighted by atomic mass is 10.0. The van der Waals surface area contributed by atoms with Crippen LogP contribution in [0.1, 0.15) is 104 Å². The van der Waals surface area contributed by atoms with Crippen molar-refractivity contribution in [2.75, 3.05) is 6.61 Å². The zero-order chi connectivity index (χ0) is 28.5. The van der Waals surface area contributed by atoms with Crippen molar-refractivity contribution in [3.63, 3.8) is 0 Å². The SMILES string of the molecule is CCCCCCCCCCCC(CCO[Si](c1ccccc1)(c1ccccc1)C(C)(C)C)OCc1ccccc1. The summed E-state index contributed by atoms with van der Waals surface area (Å²) in [5.41, 5.74) is 1.24. The van der Waals surface area contributed by atoms with Gasteiger partial charge >= 0.3 is 0 Å². The van der Waals surface area contributed by atoms with E-state index in [0.29, 0.717) is 13.2 Å². The first-order valence-electron chi connectivity index (χ1n) is 15.9. The van der Waals surface area contributed by atoms with Crippen LogP contribution in [0.15, 0.2) is 91.0 Å². The molecular weight excluding hydrogens is 504 g/mol. The third-order valence-electron chi connectivity index (χ3n) is 8.13. The Morgan fingerprint density at radius 1 is 0.600 bits per heavy atom. The first kappa shape index (κ1) is 32.3. The molecule has 0 radical (unpaired) electrons. The Morgan fingerprint density at radius 3 is 1.57 bits per heavy atom. The quantitative estimate of drug-likeness (QED) is 0.108. The van der Waals surface area contributed by atoms with Crippen LogP contribution >= 0.6 is 0 Å². The average Bonchev–Trinajstić information content (AvgIpc) is 2.97. The van der Waals surface area contributed by atoms with E-state index in [4.69, 9.17) is 9.16 Å². The molecule has 2 nitrogen and oxygen atoms in total. The van der Waals surface area contributed by atoms with Crippen LogP contribution in [-0.4, -0.2) is 21.0 Å². The smallest absolute Gasteiger partial charge is 0.261 e. The van der Waals surface area contributed by atoms with Crippen molar-refractivity contribution in [1.82, 2.24) is 0 Å². The van der Waals surface area contributed by atoms with E-state index < -0.39 is 8.32 Å². The molecule has 3 aromatic carbocycles. The van der Waals surface area contributed by atoms with Crippen LogP contribution in [-0.2, 0) is 15.8 Å². The second-order valence-electron chi connectivity index (χ2n) is 12.3. The highest BCUT2D eigenvalue weighted by Gasteiger charge is 2.50. The summed E-state index contributed by atoms with van der Waals surface area (Å²) in [6.07, 6.45) is 14.4. The molecule has 0 spiro atoms. The van der Waals surface area contributed by atoms with Gasteiger partial charge in [-0.3, -0.25) is 0 Å². The fourth-order valence-corrected chi connectivity index (χ4v) is 10.5. The number of rotatable bonds is 19. The fraction of sp³-hybridized carbons (Fsp3) is 0.514. The van der Waals surface area contributed by atoms with Crippen LogP contribution in [0.25, 0.3) is 0 Å². The summed E-state index contributed by atoms with van der Waals surface area (Å²) in [6, 6.07) is 32.5. The summed E-state index contributed by atoms with van der Waals surface area (Å²) in [5.74, 6) is 0. The minimum absolute atomic E-state index is 0.00672.